The molecule has 158 valence electrons. The van der Waals surface area contributed by atoms with Crippen molar-refractivity contribution in [2.45, 2.75) is 32.0 Å². The second-order valence-corrected chi connectivity index (χ2v) is 8.37. The minimum absolute atomic E-state index is 0.0446. The number of benzene rings is 1. The van der Waals surface area contributed by atoms with Crippen molar-refractivity contribution < 1.29 is 31.1 Å². The summed E-state index contributed by atoms with van der Waals surface area (Å²) < 4.78 is 69.7. The van der Waals surface area contributed by atoms with Crippen LogP contribution in [0.3, 0.4) is 0 Å². The first kappa shape index (κ1) is 21.0. The lowest BCUT2D eigenvalue weighted by molar-refractivity contribution is -0.139. The zero-order valence-corrected chi connectivity index (χ0v) is 16.1. The average molecular weight is 435 g/mol. The molecule has 0 bridgehead atoms. The highest BCUT2D eigenvalue weighted by molar-refractivity contribution is 7.92. The number of rotatable bonds is 3. The lowest BCUT2D eigenvalue weighted by Crippen LogP contribution is -2.55. The molecule has 0 radical (unpaired) electrons. The minimum atomic E-state index is -4.78. The highest BCUT2D eigenvalue weighted by Gasteiger charge is 2.37. The van der Waals surface area contributed by atoms with Gasteiger partial charge in [0.15, 0.2) is 0 Å². The number of ether oxygens (including phenoxy) is 1. The van der Waals surface area contributed by atoms with E-state index < -0.39 is 55.9 Å². The van der Waals surface area contributed by atoms with E-state index in [0.29, 0.717) is 25.2 Å². The van der Waals surface area contributed by atoms with Crippen molar-refractivity contribution in [1.82, 2.24) is 9.66 Å². The summed E-state index contributed by atoms with van der Waals surface area (Å²) in [7, 11) is -4.37. The maximum atomic E-state index is 13.5. The summed E-state index contributed by atoms with van der Waals surface area (Å²) in [4.78, 5) is 38.9. The number of carbonyl (C=O) groups is 1. The highest BCUT2D eigenvalue weighted by Crippen LogP contribution is 2.40. The van der Waals surface area contributed by atoms with E-state index >= 15 is 0 Å². The number of halogens is 3. The standard InChI is InChI=1S/C16H16F3N3O6S/c1-8(23)22(29(2,26)27)21-14(24)10-6-9(13-4-3-5-28-13)11(16(17,18)19)7-12(10)20-15(21)25/h6-7,13H,3-5H2,1-2H3,(H,20,25). The van der Waals surface area contributed by atoms with Crippen LogP contribution >= 0.6 is 0 Å². The van der Waals surface area contributed by atoms with E-state index in [-0.39, 0.29) is 21.3 Å². The first-order chi connectivity index (χ1) is 13.3. The van der Waals surface area contributed by atoms with Gasteiger partial charge >= 0.3 is 11.9 Å². The Morgan fingerprint density at radius 1 is 1.31 bits per heavy atom. The molecule has 13 heteroatoms. The normalized spacial score (nSPS) is 17.6. The topological polar surface area (TPSA) is 119 Å². The number of H-pyrrole nitrogens is 1. The van der Waals surface area contributed by atoms with E-state index in [2.05, 4.69) is 0 Å². The molecule has 29 heavy (non-hydrogen) atoms. The van der Waals surface area contributed by atoms with Gasteiger partial charge in [0.1, 0.15) is 0 Å². The summed E-state index contributed by atoms with van der Waals surface area (Å²) >= 11 is 0. The van der Waals surface area contributed by atoms with Gasteiger partial charge in [-0.2, -0.15) is 13.2 Å². The number of nitrogens with one attached hydrogen (secondary N) is 1. The third-order valence-corrected chi connectivity index (χ3v) is 5.44. The van der Waals surface area contributed by atoms with Crippen LogP contribution in [0.15, 0.2) is 21.7 Å². The second kappa shape index (κ2) is 6.99. The van der Waals surface area contributed by atoms with E-state index in [1.807, 2.05) is 4.98 Å². The zero-order valence-electron chi connectivity index (χ0n) is 15.2. The minimum Gasteiger partial charge on any atom is -0.374 e. The van der Waals surface area contributed by atoms with Gasteiger partial charge in [0.05, 0.1) is 28.8 Å². The van der Waals surface area contributed by atoms with Gasteiger partial charge in [0, 0.05) is 13.5 Å². The molecular weight excluding hydrogens is 419 g/mol. The summed E-state index contributed by atoms with van der Waals surface area (Å²) in [5.74, 6) is -1.15. The highest BCUT2D eigenvalue weighted by atomic mass is 32.2. The molecule has 1 unspecified atom stereocenters. The molecule has 0 spiro atoms. The Bertz CT molecular complexity index is 1210. The largest absolute Gasteiger partial charge is 0.416 e. The number of amides is 1. The van der Waals surface area contributed by atoms with Gasteiger partial charge in [0.25, 0.3) is 21.5 Å². The molecule has 9 nitrogen and oxygen atoms in total. The predicted octanol–water partition coefficient (Wildman–Crippen LogP) is 1.00. The quantitative estimate of drug-likeness (QED) is 0.769. The number of carbonyl (C=O) groups excluding carboxylic acids is 1. The van der Waals surface area contributed by atoms with E-state index in [4.69, 9.17) is 4.74 Å². The Labute approximate surface area is 161 Å². The monoisotopic (exact) mass is 435 g/mol. The van der Waals surface area contributed by atoms with Crippen LogP contribution in [-0.4, -0.2) is 36.8 Å². The van der Waals surface area contributed by atoms with E-state index in [1.54, 1.807) is 0 Å². The fourth-order valence-electron chi connectivity index (χ4n) is 3.29. The molecule has 1 N–H and O–H groups in total. The number of hydrogen-bond donors (Lipinski definition) is 1. The molecule has 1 saturated heterocycles. The number of sulfonamides is 1. The molecule has 1 atom stereocenters. The van der Waals surface area contributed by atoms with Crippen molar-refractivity contribution >= 4 is 26.8 Å². The molecule has 3 rings (SSSR count). The Balaban J connectivity index is 2.39. The van der Waals surface area contributed by atoms with Crippen LogP contribution in [0.1, 0.15) is 37.0 Å². The van der Waals surface area contributed by atoms with Crippen molar-refractivity contribution in [3.8, 4) is 0 Å². The van der Waals surface area contributed by atoms with Crippen LogP contribution in [0.2, 0.25) is 0 Å². The van der Waals surface area contributed by atoms with Crippen LogP contribution in [0, 0.1) is 0 Å². The van der Waals surface area contributed by atoms with Crippen LogP contribution in [0.25, 0.3) is 10.9 Å². The van der Waals surface area contributed by atoms with Crippen LogP contribution in [0.4, 0.5) is 13.2 Å². The maximum absolute atomic E-state index is 13.5. The molecule has 1 aromatic heterocycles. The van der Waals surface area contributed by atoms with Gasteiger partial charge < -0.3 is 9.72 Å². The molecule has 1 aliphatic rings. The Morgan fingerprint density at radius 3 is 2.45 bits per heavy atom. The second-order valence-electron chi connectivity index (χ2n) is 6.56. The average Bonchev–Trinajstić information content (AvgIpc) is 3.09. The number of hydrogen-bond acceptors (Lipinski definition) is 6. The molecule has 1 aliphatic heterocycles. The van der Waals surface area contributed by atoms with Crippen molar-refractivity contribution in [3.63, 3.8) is 0 Å². The first-order valence-corrected chi connectivity index (χ1v) is 10.2. The molecule has 1 amide bonds. The van der Waals surface area contributed by atoms with Gasteiger partial charge in [-0.3, -0.25) is 9.59 Å². The number of nitrogens with zero attached hydrogens (tertiary/aromatic N) is 2. The summed E-state index contributed by atoms with van der Waals surface area (Å²) in [5.41, 5.74) is -4.44. The Kier molecular flexibility index (Phi) is 5.07. The van der Waals surface area contributed by atoms with E-state index in [9.17, 15) is 36.0 Å². The Morgan fingerprint density at radius 2 is 1.97 bits per heavy atom. The van der Waals surface area contributed by atoms with Crippen molar-refractivity contribution in [2.75, 3.05) is 17.3 Å². The maximum Gasteiger partial charge on any atom is 0.416 e. The number of aromatic nitrogens is 2. The SMILES string of the molecule is CC(=O)N(n1c(=O)[nH]c2cc(C(F)(F)F)c(C3CCCO3)cc2c1=O)S(C)(=O)=O. The lowest BCUT2D eigenvalue weighted by Gasteiger charge is -2.21. The summed E-state index contributed by atoms with van der Waals surface area (Å²) in [5, 5.41) is -0.391. The summed E-state index contributed by atoms with van der Waals surface area (Å²) in [6.07, 6.45) is -4.25. The van der Waals surface area contributed by atoms with Gasteiger partial charge in [-0.1, -0.05) is 0 Å². The summed E-state index contributed by atoms with van der Waals surface area (Å²) in [6.45, 7) is 1.07. The molecule has 1 fully saturated rings. The smallest absolute Gasteiger partial charge is 0.374 e. The first-order valence-electron chi connectivity index (χ1n) is 8.35. The van der Waals surface area contributed by atoms with E-state index in [0.717, 1.165) is 13.0 Å². The molecular formula is C16H16F3N3O6S. The summed E-state index contributed by atoms with van der Waals surface area (Å²) in [6, 6.07) is 1.53. The van der Waals surface area contributed by atoms with Gasteiger partial charge in [0.2, 0.25) is 0 Å². The third-order valence-electron chi connectivity index (χ3n) is 4.39. The van der Waals surface area contributed by atoms with Crippen molar-refractivity contribution in [1.29, 1.82) is 0 Å². The van der Waals surface area contributed by atoms with Gasteiger partial charge in [-0.25, -0.2) is 13.2 Å². The van der Waals surface area contributed by atoms with Crippen LogP contribution in [-0.2, 0) is 25.7 Å². The van der Waals surface area contributed by atoms with Crippen molar-refractivity contribution in [3.05, 3.63) is 44.1 Å². The number of alkyl halides is 3. The Hall–Kier alpha value is -2.67. The van der Waals surface area contributed by atoms with Crippen LogP contribution < -0.4 is 15.7 Å². The van der Waals surface area contributed by atoms with Crippen molar-refractivity contribution in [2.24, 2.45) is 0 Å². The number of aromatic amines is 1. The predicted molar refractivity (Wildman–Crippen MR) is 95.5 cm³/mol. The van der Waals surface area contributed by atoms with Gasteiger partial charge in [-0.15, -0.1) is 9.09 Å². The molecule has 0 aliphatic carbocycles. The molecule has 2 heterocycles. The fraction of sp³-hybridized carbons (Fsp3) is 0.438. The molecule has 0 saturated carbocycles. The third kappa shape index (κ3) is 3.79. The van der Waals surface area contributed by atoms with Gasteiger partial charge in [-0.05, 0) is 30.5 Å². The molecule has 1 aromatic carbocycles. The number of fused-ring (bicyclic) bond motifs is 1. The van der Waals surface area contributed by atoms with E-state index in [1.165, 1.54) is 0 Å². The fourth-order valence-corrected chi connectivity index (χ4v) is 4.21. The lowest BCUT2D eigenvalue weighted by atomic mass is 9.97. The molecule has 2 aromatic rings. The zero-order chi connectivity index (χ0) is 21.7. The van der Waals surface area contributed by atoms with Crippen LogP contribution in [0.5, 0.6) is 0 Å².